The second-order valence-electron chi connectivity index (χ2n) is 6.14. The second-order valence-corrected chi connectivity index (χ2v) is 6.14. The van der Waals surface area contributed by atoms with E-state index in [9.17, 15) is 13.6 Å². The molecule has 1 aliphatic rings. The number of hydrogen-bond acceptors (Lipinski definition) is 5. The summed E-state index contributed by atoms with van der Waals surface area (Å²) in [5.74, 6) is 0.530. The topological polar surface area (TPSA) is 63.7 Å². The predicted molar refractivity (Wildman–Crippen MR) is 96.5 cm³/mol. The summed E-state index contributed by atoms with van der Waals surface area (Å²) in [6.45, 7) is -0.638. The van der Waals surface area contributed by atoms with Gasteiger partial charge in [-0.05, 0) is 48.7 Å². The number of nitrogens with zero attached hydrogens (tertiary/aromatic N) is 2. The number of ether oxygens (including phenoxy) is 2. The van der Waals surface area contributed by atoms with Gasteiger partial charge < -0.3 is 19.7 Å². The number of aromatic nitrogens is 1. The molecule has 1 saturated heterocycles. The first-order valence-corrected chi connectivity index (χ1v) is 8.68. The number of pyridine rings is 1. The van der Waals surface area contributed by atoms with Crippen LogP contribution >= 0.6 is 0 Å². The summed E-state index contributed by atoms with van der Waals surface area (Å²) >= 11 is 0. The first-order chi connectivity index (χ1) is 13.1. The molecule has 2 aromatic rings. The zero-order chi connectivity index (χ0) is 19.2. The van der Waals surface area contributed by atoms with E-state index >= 15 is 0 Å². The number of hydrogen-bond donors (Lipinski definition) is 1. The Balaban J connectivity index is 1.64. The number of rotatable bonds is 7. The molecule has 0 bridgehead atoms. The number of carbonyl (C=O) groups excluding carboxylic acids is 1. The number of nitrogens with one attached hydrogen (secondary N) is 1. The first kappa shape index (κ1) is 18.9. The van der Waals surface area contributed by atoms with Crippen molar-refractivity contribution in [2.24, 2.45) is 0 Å². The molecular weight excluding hydrogens is 356 g/mol. The fraction of sp³-hybridized carbons (Fsp3) is 0.368. The Kier molecular flexibility index (Phi) is 6.05. The van der Waals surface area contributed by atoms with Crippen LogP contribution in [0.15, 0.2) is 36.5 Å². The van der Waals surface area contributed by atoms with Gasteiger partial charge in [0.2, 0.25) is 0 Å². The maximum atomic E-state index is 12.4. The van der Waals surface area contributed by atoms with Crippen molar-refractivity contribution in [3.05, 3.63) is 47.7 Å². The number of amides is 1. The molecule has 6 nitrogen and oxygen atoms in total. The van der Waals surface area contributed by atoms with Crippen molar-refractivity contribution in [2.75, 3.05) is 25.1 Å². The van der Waals surface area contributed by atoms with Crippen LogP contribution < -0.4 is 19.7 Å². The Labute approximate surface area is 156 Å². The molecule has 0 aliphatic carbocycles. The highest BCUT2D eigenvalue weighted by atomic mass is 19.3. The monoisotopic (exact) mass is 377 g/mol. The Morgan fingerprint density at radius 3 is 2.70 bits per heavy atom. The molecule has 0 atom stereocenters. The van der Waals surface area contributed by atoms with Gasteiger partial charge >= 0.3 is 6.61 Å². The van der Waals surface area contributed by atoms with Gasteiger partial charge in [0.25, 0.3) is 5.91 Å². The highest BCUT2D eigenvalue weighted by Crippen LogP contribution is 2.29. The molecule has 2 heterocycles. The number of benzene rings is 1. The molecule has 8 heteroatoms. The minimum Gasteiger partial charge on any atom is -0.493 e. The van der Waals surface area contributed by atoms with E-state index in [1.165, 1.54) is 25.3 Å². The number of carbonyl (C=O) groups is 1. The van der Waals surface area contributed by atoms with Gasteiger partial charge in [0.05, 0.1) is 7.11 Å². The molecule has 1 aliphatic heterocycles. The third-order valence-corrected chi connectivity index (χ3v) is 4.33. The fourth-order valence-electron chi connectivity index (χ4n) is 2.98. The Morgan fingerprint density at radius 1 is 1.22 bits per heavy atom. The molecule has 0 saturated carbocycles. The van der Waals surface area contributed by atoms with Gasteiger partial charge in [-0.25, -0.2) is 4.98 Å². The molecule has 1 aromatic carbocycles. The number of methoxy groups -OCH3 is 1. The summed E-state index contributed by atoms with van der Waals surface area (Å²) in [4.78, 5) is 19.0. The number of halogens is 2. The van der Waals surface area contributed by atoms with Crippen LogP contribution in [0.25, 0.3) is 0 Å². The predicted octanol–water partition coefficient (Wildman–Crippen LogP) is 3.22. The zero-order valence-electron chi connectivity index (χ0n) is 15.0. The van der Waals surface area contributed by atoms with Gasteiger partial charge in [-0.15, -0.1) is 0 Å². The van der Waals surface area contributed by atoms with E-state index in [0.29, 0.717) is 12.1 Å². The Hall–Kier alpha value is -2.90. The normalized spacial score (nSPS) is 13.7. The lowest BCUT2D eigenvalue weighted by atomic mass is 10.1. The number of alkyl halides is 2. The molecule has 27 heavy (non-hydrogen) atoms. The molecule has 1 aromatic heterocycles. The average molecular weight is 377 g/mol. The van der Waals surface area contributed by atoms with Crippen molar-refractivity contribution in [2.45, 2.75) is 26.0 Å². The third-order valence-electron chi connectivity index (χ3n) is 4.33. The smallest absolute Gasteiger partial charge is 0.387 e. The van der Waals surface area contributed by atoms with Crippen molar-refractivity contribution in [3.63, 3.8) is 0 Å². The highest BCUT2D eigenvalue weighted by Gasteiger charge is 2.15. The largest absolute Gasteiger partial charge is 0.493 e. The summed E-state index contributed by atoms with van der Waals surface area (Å²) in [6.07, 6.45) is 4.06. The SMILES string of the molecule is COc1cc(C(=O)NCc2ccnc(N3CCCC3)c2)ccc1OC(F)F. The second kappa shape index (κ2) is 8.66. The quantitative estimate of drug-likeness (QED) is 0.803. The van der Waals surface area contributed by atoms with Crippen molar-refractivity contribution >= 4 is 11.7 Å². The summed E-state index contributed by atoms with van der Waals surface area (Å²) in [5, 5.41) is 2.81. The fourth-order valence-corrected chi connectivity index (χ4v) is 2.98. The first-order valence-electron chi connectivity index (χ1n) is 8.68. The molecular formula is C19H21F2N3O3. The van der Waals surface area contributed by atoms with E-state index in [1.54, 1.807) is 6.20 Å². The molecule has 1 fully saturated rings. The van der Waals surface area contributed by atoms with Crippen LogP contribution in [-0.2, 0) is 6.54 Å². The molecule has 3 rings (SSSR count). The van der Waals surface area contributed by atoms with E-state index < -0.39 is 6.61 Å². The van der Waals surface area contributed by atoms with Crippen LogP contribution in [-0.4, -0.2) is 37.7 Å². The Morgan fingerprint density at radius 2 is 2.00 bits per heavy atom. The van der Waals surface area contributed by atoms with Crippen LogP contribution in [0.5, 0.6) is 11.5 Å². The van der Waals surface area contributed by atoms with Gasteiger partial charge in [0, 0.05) is 31.4 Å². The molecule has 0 radical (unpaired) electrons. The molecule has 144 valence electrons. The maximum absolute atomic E-state index is 12.4. The minimum atomic E-state index is -2.96. The van der Waals surface area contributed by atoms with Crippen LogP contribution in [0.1, 0.15) is 28.8 Å². The molecule has 1 N–H and O–H groups in total. The lowest BCUT2D eigenvalue weighted by Gasteiger charge is -2.17. The van der Waals surface area contributed by atoms with Gasteiger partial charge in [0.15, 0.2) is 11.5 Å². The van der Waals surface area contributed by atoms with Crippen molar-refractivity contribution in [1.82, 2.24) is 10.3 Å². The van der Waals surface area contributed by atoms with Crippen LogP contribution in [0, 0.1) is 0 Å². The van der Waals surface area contributed by atoms with Crippen molar-refractivity contribution in [3.8, 4) is 11.5 Å². The van der Waals surface area contributed by atoms with Crippen molar-refractivity contribution < 1.29 is 23.0 Å². The lowest BCUT2D eigenvalue weighted by Crippen LogP contribution is -2.23. The van der Waals surface area contributed by atoms with Gasteiger partial charge in [0.1, 0.15) is 5.82 Å². The highest BCUT2D eigenvalue weighted by molar-refractivity contribution is 5.94. The van der Waals surface area contributed by atoms with E-state index in [4.69, 9.17) is 4.74 Å². The summed E-state index contributed by atoms with van der Waals surface area (Å²) in [6, 6.07) is 7.89. The van der Waals surface area contributed by atoms with E-state index in [1.807, 2.05) is 12.1 Å². The summed E-state index contributed by atoms with van der Waals surface area (Å²) in [7, 11) is 1.33. The standard InChI is InChI=1S/C19H21F2N3O3/c1-26-16-11-14(4-5-15(16)27-19(20)21)18(25)23-12-13-6-7-22-17(10-13)24-8-2-3-9-24/h4-7,10-11,19H,2-3,8-9,12H2,1H3,(H,23,25). The third kappa shape index (κ3) is 4.84. The summed E-state index contributed by atoms with van der Waals surface area (Å²) in [5.41, 5.74) is 1.23. The van der Waals surface area contributed by atoms with Crippen LogP contribution in [0.3, 0.4) is 0 Å². The molecule has 1 amide bonds. The molecule has 0 unspecified atom stereocenters. The van der Waals surface area contributed by atoms with Gasteiger partial charge in [-0.3, -0.25) is 4.79 Å². The summed E-state index contributed by atoms with van der Waals surface area (Å²) < 4.78 is 34.1. The Bertz CT molecular complexity index is 796. The molecule has 0 spiro atoms. The van der Waals surface area contributed by atoms with Crippen LogP contribution in [0.4, 0.5) is 14.6 Å². The number of anilines is 1. The lowest BCUT2D eigenvalue weighted by molar-refractivity contribution is -0.0512. The van der Waals surface area contributed by atoms with Crippen molar-refractivity contribution in [1.29, 1.82) is 0 Å². The van der Waals surface area contributed by atoms with E-state index in [-0.39, 0.29) is 17.4 Å². The zero-order valence-corrected chi connectivity index (χ0v) is 15.0. The van der Waals surface area contributed by atoms with Gasteiger partial charge in [-0.1, -0.05) is 0 Å². The van der Waals surface area contributed by atoms with Gasteiger partial charge in [-0.2, -0.15) is 8.78 Å². The van der Waals surface area contributed by atoms with E-state index in [0.717, 1.165) is 37.3 Å². The minimum absolute atomic E-state index is 0.0724. The van der Waals surface area contributed by atoms with Crippen LogP contribution in [0.2, 0.25) is 0 Å². The maximum Gasteiger partial charge on any atom is 0.387 e. The van der Waals surface area contributed by atoms with E-state index in [2.05, 4.69) is 19.9 Å². The average Bonchev–Trinajstić information content (AvgIpc) is 3.21.